The summed E-state index contributed by atoms with van der Waals surface area (Å²) in [6.07, 6.45) is 0. The first-order valence-electron chi connectivity index (χ1n) is 9.78. The minimum Gasteiger partial charge on any atom is -0.451 e. The fourth-order valence-electron chi connectivity index (χ4n) is 3.09. The molecule has 0 atom stereocenters. The highest BCUT2D eigenvalue weighted by Gasteiger charge is 2.22. The average molecular weight is 590 g/mol. The molecule has 3 aromatic carbocycles. The maximum Gasteiger partial charge on any atom is 0.378 e. The number of hydrogen-bond acceptors (Lipinski definition) is 5. The van der Waals surface area contributed by atoms with E-state index in [4.69, 9.17) is 16.3 Å². The van der Waals surface area contributed by atoms with Crippen LogP contribution in [-0.4, -0.2) is 33.1 Å². The first kappa shape index (κ1) is 23.4. The summed E-state index contributed by atoms with van der Waals surface area (Å²) in [6.45, 7) is 1.44. The van der Waals surface area contributed by atoms with Gasteiger partial charge < -0.3 is 4.74 Å². The maximum absolute atomic E-state index is 12.7. The van der Waals surface area contributed by atoms with Crippen LogP contribution in [0.25, 0.3) is 17.1 Å². The zero-order chi connectivity index (χ0) is 23.5. The van der Waals surface area contributed by atoms with E-state index in [0.717, 1.165) is 20.1 Å². The lowest BCUT2D eigenvalue weighted by molar-refractivity contribution is 0.0462. The van der Waals surface area contributed by atoms with E-state index in [1.807, 2.05) is 37.3 Å². The minimum absolute atomic E-state index is 0.157. The van der Waals surface area contributed by atoms with Gasteiger partial charge in [-0.25, -0.2) is 14.5 Å². The fourth-order valence-corrected chi connectivity index (χ4v) is 3.79. The van der Waals surface area contributed by atoms with E-state index in [9.17, 15) is 9.59 Å². The van der Waals surface area contributed by atoms with Crippen LogP contribution in [0.3, 0.4) is 0 Å². The quantitative estimate of drug-likeness (QED) is 0.191. The zero-order valence-corrected chi connectivity index (χ0v) is 21.2. The molecule has 4 rings (SSSR count). The number of ether oxygens (including phenoxy) is 1. The molecule has 0 bridgehead atoms. The summed E-state index contributed by atoms with van der Waals surface area (Å²) in [4.78, 5) is 29.5. The van der Waals surface area contributed by atoms with E-state index in [1.165, 1.54) is 0 Å². The molecule has 166 valence electrons. The molecule has 4 aromatic rings. The van der Waals surface area contributed by atoms with Crippen molar-refractivity contribution in [2.45, 2.75) is 6.92 Å². The number of rotatable bonds is 6. The number of benzene rings is 3. The smallest absolute Gasteiger partial charge is 0.378 e. The van der Waals surface area contributed by atoms with Crippen molar-refractivity contribution in [3.63, 3.8) is 0 Å². The molecule has 0 radical (unpaired) electrons. The Morgan fingerprint density at radius 3 is 2.27 bits per heavy atom. The summed E-state index contributed by atoms with van der Waals surface area (Å²) >= 11 is 13.0. The molecule has 0 unspecified atom stereocenters. The van der Waals surface area contributed by atoms with Crippen LogP contribution in [0.1, 0.15) is 26.5 Å². The van der Waals surface area contributed by atoms with Gasteiger partial charge in [-0.1, -0.05) is 73.8 Å². The number of nitrogens with zero attached hydrogens (tertiary/aromatic N) is 3. The number of esters is 1. The number of hydrogen-bond donors (Lipinski definition) is 0. The molecule has 1 heterocycles. The lowest BCUT2D eigenvalue weighted by Crippen LogP contribution is -2.15. The Bertz CT molecular complexity index is 1340. The van der Waals surface area contributed by atoms with E-state index in [1.54, 1.807) is 41.1 Å². The Morgan fingerprint density at radius 1 is 0.970 bits per heavy atom. The molecule has 0 saturated carbocycles. The third kappa shape index (κ3) is 5.24. The molecule has 0 amide bonds. The summed E-state index contributed by atoms with van der Waals surface area (Å²) in [7, 11) is 0. The molecule has 1 aromatic heterocycles. The van der Waals surface area contributed by atoms with Gasteiger partial charge in [0.25, 0.3) is 5.82 Å². The van der Waals surface area contributed by atoms with E-state index in [0.29, 0.717) is 22.1 Å². The normalized spacial score (nSPS) is 10.8. The fraction of sp³-hybridized carbons (Fsp3) is 0.0833. The summed E-state index contributed by atoms with van der Waals surface area (Å²) < 4.78 is 8.52. The second-order valence-corrected chi connectivity index (χ2v) is 9.31. The van der Waals surface area contributed by atoms with Crippen molar-refractivity contribution in [2.24, 2.45) is 0 Å². The van der Waals surface area contributed by atoms with Gasteiger partial charge in [0.15, 0.2) is 18.2 Å². The van der Waals surface area contributed by atoms with Crippen molar-refractivity contribution in [3.05, 3.63) is 97.6 Å². The molecule has 33 heavy (non-hydrogen) atoms. The van der Waals surface area contributed by atoms with Crippen molar-refractivity contribution in [2.75, 3.05) is 6.61 Å². The van der Waals surface area contributed by atoms with Crippen molar-refractivity contribution >= 4 is 55.2 Å². The number of carbonyl (C=O) groups excluding carboxylic acids is 2. The SMILES string of the molecule is Cc1c(Cl)cccc1-n1nc(C(=O)OCC(=O)c2ccc(Br)cc2)nc1-c1ccc(Br)cc1. The van der Waals surface area contributed by atoms with Gasteiger partial charge in [-0.2, -0.15) is 0 Å². The number of carbonyl (C=O) groups is 2. The second kappa shape index (κ2) is 9.99. The number of Topliss-reactive ketones (excluding diaryl/α,β-unsaturated/α-hetero) is 1. The summed E-state index contributed by atoms with van der Waals surface area (Å²) in [6, 6.07) is 19.7. The van der Waals surface area contributed by atoms with Crippen LogP contribution >= 0.6 is 43.5 Å². The van der Waals surface area contributed by atoms with Crippen LogP contribution in [0.15, 0.2) is 75.7 Å². The van der Waals surface area contributed by atoms with Crippen molar-refractivity contribution < 1.29 is 14.3 Å². The van der Waals surface area contributed by atoms with E-state index in [2.05, 4.69) is 41.9 Å². The summed E-state index contributed by atoms with van der Waals surface area (Å²) in [5, 5.41) is 4.95. The highest BCUT2D eigenvalue weighted by Crippen LogP contribution is 2.27. The number of ketones is 1. The number of aromatic nitrogens is 3. The van der Waals surface area contributed by atoms with Gasteiger partial charge in [0, 0.05) is 25.1 Å². The Labute approximate surface area is 211 Å². The molecule has 6 nitrogen and oxygen atoms in total. The molecule has 0 N–H and O–H groups in total. The highest BCUT2D eigenvalue weighted by molar-refractivity contribution is 9.10. The molecule has 0 saturated heterocycles. The van der Waals surface area contributed by atoms with Crippen molar-refractivity contribution in [1.82, 2.24) is 14.8 Å². The van der Waals surface area contributed by atoms with Crippen LogP contribution in [0.5, 0.6) is 0 Å². The molecule has 0 spiro atoms. The lowest BCUT2D eigenvalue weighted by atomic mass is 10.1. The molecular weight excluding hydrogens is 574 g/mol. The summed E-state index contributed by atoms with van der Waals surface area (Å²) in [5.74, 6) is -0.832. The Hall–Kier alpha value is -2.81. The summed E-state index contributed by atoms with van der Waals surface area (Å²) in [5.41, 5.74) is 2.65. The first-order chi connectivity index (χ1) is 15.8. The van der Waals surface area contributed by atoms with Gasteiger partial charge in [-0.15, -0.1) is 5.10 Å². The first-order valence-corrected chi connectivity index (χ1v) is 11.7. The van der Waals surface area contributed by atoms with Gasteiger partial charge in [0.1, 0.15) is 0 Å². The monoisotopic (exact) mass is 587 g/mol. The molecule has 0 aliphatic rings. The average Bonchev–Trinajstić information content (AvgIpc) is 3.25. The molecule has 0 fully saturated rings. The molecule has 0 aliphatic carbocycles. The Balaban J connectivity index is 1.65. The highest BCUT2D eigenvalue weighted by atomic mass is 79.9. The third-order valence-corrected chi connectivity index (χ3v) is 6.33. The predicted octanol–water partition coefficient (Wildman–Crippen LogP) is 6.46. The van der Waals surface area contributed by atoms with Crippen molar-refractivity contribution in [1.29, 1.82) is 0 Å². The van der Waals surface area contributed by atoms with Gasteiger partial charge in [0.2, 0.25) is 0 Å². The zero-order valence-electron chi connectivity index (χ0n) is 17.3. The van der Waals surface area contributed by atoms with Gasteiger partial charge >= 0.3 is 5.97 Å². The molecular formula is C24H16Br2ClN3O3. The van der Waals surface area contributed by atoms with Crippen molar-refractivity contribution in [3.8, 4) is 17.1 Å². The minimum atomic E-state index is -0.794. The number of halogens is 3. The molecule has 0 aliphatic heterocycles. The Morgan fingerprint density at radius 2 is 1.61 bits per heavy atom. The lowest BCUT2D eigenvalue weighted by Gasteiger charge is -2.10. The van der Waals surface area contributed by atoms with Crippen LogP contribution in [0, 0.1) is 6.92 Å². The largest absolute Gasteiger partial charge is 0.451 e. The molecule has 9 heteroatoms. The standard InChI is InChI=1S/C24H16Br2ClN3O3/c1-14-19(27)3-2-4-20(14)30-23(16-7-11-18(26)12-8-16)28-22(29-30)24(32)33-13-21(31)15-5-9-17(25)10-6-15/h2-12H,13H2,1H3. The van der Waals surface area contributed by atoms with Crippen LogP contribution in [0.2, 0.25) is 5.02 Å². The van der Waals surface area contributed by atoms with Crippen LogP contribution in [-0.2, 0) is 4.74 Å². The van der Waals surface area contributed by atoms with Gasteiger partial charge in [-0.05, 0) is 48.9 Å². The van der Waals surface area contributed by atoms with E-state index >= 15 is 0 Å². The Kier molecular flexibility index (Phi) is 7.07. The van der Waals surface area contributed by atoms with Crippen LogP contribution < -0.4 is 0 Å². The second-order valence-electron chi connectivity index (χ2n) is 7.07. The maximum atomic E-state index is 12.7. The predicted molar refractivity (Wildman–Crippen MR) is 133 cm³/mol. The third-order valence-electron chi connectivity index (χ3n) is 4.86. The topological polar surface area (TPSA) is 74.1 Å². The van der Waals surface area contributed by atoms with Crippen LogP contribution in [0.4, 0.5) is 0 Å². The van der Waals surface area contributed by atoms with Gasteiger partial charge in [0.05, 0.1) is 5.69 Å². The van der Waals surface area contributed by atoms with Gasteiger partial charge in [-0.3, -0.25) is 4.79 Å². The van der Waals surface area contributed by atoms with E-state index in [-0.39, 0.29) is 11.6 Å². The van der Waals surface area contributed by atoms with E-state index < -0.39 is 12.6 Å².